The molecule has 3 N–H and O–H groups in total. The number of amides is 1. The van der Waals surface area contributed by atoms with Gasteiger partial charge in [-0.05, 0) is 11.8 Å². The average Bonchev–Trinajstić information content (AvgIpc) is 2.28. The highest BCUT2D eigenvalue weighted by Gasteiger charge is 2.27. The van der Waals surface area contributed by atoms with E-state index in [1.54, 1.807) is 0 Å². The van der Waals surface area contributed by atoms with E-state index in [1.807, 2.05) is 0 Å². The van der Waals surface area contributed by atoms with Gasteiger partial charge in [0.2, 0.25) is 5.91 Å². The van der Waals surface area contributed by atoms with Gasteiger partial charge in [0.15, 0.2) is 0 Å². The smallest absolute Gasteiger partial charge is 0.222 e. The minimum atomic E-state index is -0.0515. The molecule has 106 valence electrons. The van der Waals surface area contributed by atoms with E-state index in [2.05, 4.69) is 31.4 Å². The lowest BCUT2D eigenvalue weighted by atomic mass is 9.85. The predicted molar refractivity (Wildman–Crippen MR) is 70.3 cm³/mol. The number of nitrogens with one attached hydrogen (secondary N) is 2. The van der Waals surface area contributed by atoms with Crippen molar-refractivity contribution in [1.29, 1.82) is 0 Å². The minimum absolute atomic E-state index is 0.00271. The van der Waals surface area contributed by atoms with Gasteiger partial charge >= 0.3 is 0 Å². The Bertz CT molecular complexity index is 257. The second-order valence-corrected chi connectivity index (χ2v) is 5.90. The van der Waals surface area contributed by atoms with E-state index in [9.17, 15) is 4.79 Å². The molecule has 0 aromatic carbocycles. The first-order valence-corrected chi connectivity index (χ1v) is 6.66. The molecule has 0 bridgehead atoms. The maximum absolute atomic E-state index is 11.9. The van der Waals surface area contributed by atoms with Gasteiger partial charge < -0.3 is 20.5 Å². The molecule has 5 heteroatoms. The normalized spacial score (nSPS) is 22.6. The molecule has 1 rings (SSSR count). The molecule has 1 fully saturated rings. The highest BCUT2D eigenvalue weighted by atomic mass is 16.5. The summed E-state index contributed by atoms with van der Waals surface area (Å²) in [5, 5.41) is 15.3. The second-order valence-electron chi connectivity index (χ2n) is 5.90. The summed E-state index contributed by atoms with van der Waals surface area (Å²) >= 11 is 0. The maximum Gasteiger partial charge on any atom is 0.222 e. The van der Waals surface area contributed by atoms with Crippen molar-refractivity contribution in [1.82, 2.24) is 10.6 Å². The molecule has 2 atom stereocenters. The lowest BCUT2D eigenvalue weighted by Gasteiger charge is -2.32. The number of rotatable bonds is 5. The van der Waals surface area contributed by atoms with Crippen molar-refractivity contribution in [3.63, 3.8) is 0 Å². The molecule has 1 aliphatic rings. The Morgan fingerprint density at radius 2 is 2.28 bits per heavy atom. The van der Waals surface area contributed by atoms with E-state index in [1.165, 1.54) is 0 Å². The standard InChI is InChI=1S/C13H26N2O3/c1-13(2,3)11(4-6-16)15-12(17)8-10-9-14-5-7-18-10/h10-11,14,16H,4-9H2,1-3H3,(H,15,17). The Morgan fingerprint density at radius 1 is 1.56 bits per heavy atom. The monoisotopic (exact) mass is 258 g/mol. The second kappa shape index (κ2) is 7.07. The van der Waals surface area contributed by atoms with Crippen molar-refractivity contribution in [2.75, 3.05) is 26.3 Å². The van der Waals surface area contributed by atoms with E-state index < -0.39 is 0 Å². The molecule has 0 radical (unpaired) electrons. The first-order chi connectivity index (χ1) is 8.43. The topological polar surface area (TPSA) is 70.6 Å². The van der Waals surface area contributed by atoms with Crippen LogP contribution in [-0.2, 0) is 9.53 Å². The van der Waals surface area contributed by atoms with Crippen LogP contribution < -0.4 is 10.6 Å². The van der Waals surface area contributed by atoms with Gasteiger partial charge in [0, 0.05) is 25.7 Å². The van der Waals surface area contributed by atoms with Crippen LogP contribution in [0.1, 0.15) is 33.6 Å². The van der Waals surface area contributed by atoms with Crippen molar-refractivity contribution >= 4 is 5.91 Å². The largest absolute Gasteiger partial charge is 0.396 e. The van der Waals surface area contributed by atoms with Gasteiger partial charge in [-0.2, -0.15) is 0 Å². The zero-order valence-corrected chi connectivity index (χ0v) is 11.7. The Hall–Kier alpha value is -0.650. The van der Waals surface area contributed by atoms with Gasteiger partial charge in [0.05, 0.1) is 19.1 Å². The predicted octanol–water partition coefficient (Wildman–Crippen LogP) is 0.278. The van der Waals surface area contributed by atoms with Crippen molar-refractivity contribution in [2.45, 2.75) is 45.8 Å². The number of aliphatic hydroxyl groups excluding tert-OH is 1. The van der Waals surface area contributed by atoms with Crippen LogP contribution in [0.5, 0.6) is 0 Å². The van der Waals surface area contributed by atoms with Crippen molar-refractivity contribution < 1.29 is 14.6 Å². The third-order valence-electron chi connectivity index (χ3n) is 3.22. The summed E-state index contributed by atoms with van der Waals surface area (Å²) in [6, 6.07) is -0.00782. The number of carbonyl (C=O) groups excluding carboxylic acids is 1. The number of morpholine rings is 1. The van der Waals surface area contributed by atoms with Crippen molar-refractivity contribution in [3.8, 4) is 0 Å². The third kappa shape index (κ3) is 5.33. The lowest BCUT2D eigenvalue weighted by molar-refractivity contribution is -0.126. The summed E-state index contributed by atoms with van der Waals surface area (Å²) in [4.78, 5) is 11.9. The number of hydrogen-bond donors (Lipinski definition) is 3. The van der Waals surface area contributed by atoms with Crippen LogP contribution in [0.3, 0.4) is 0 Å². The quantitative estimate of drug-likeness (QED) is 0.662. The van der Waals surface area contributed by atoms with Crippen LogP contribution >= 0.6 is 0 Å². The van der Waals surface area contributed by atoms with E-state index in [4.69, 9.17) is 9.84 Å². The molecular formula is C13H26N2O3. The van der Waals surface area contributed by atoms with E-state index in [0.717, 1.165) is 13.1 Å². The Morgan fingerprint density at radius 3 is 2.78 bits per heavy atom. The molecule has 1 heterocycles. The molecule has 2 unspecified atom stereocenters. The molecule has 5 nitrogen and oxygen atoms in total. The minimum Gasteiger partial charge on any atom is -0.396 e. The molecule has 1 aliphatic heterocycles. The third-order valence-corrected chi connectivity index (χ3v) is 3.22. The molecule has 1 saturated heterocycles. The summed E-state index contributed by atoms with van der Waals surface area (Å²) in [7, 11) is 0. The average molecular weight is 258 g/mol. The molecule has 0 spiro atoms. The fourth-order valence-electron chi connectivity index (χ4n) is 2.06. The fraction of sp³-hybridized carbons (Fsp3) is 0.923. The SMILES string of the molecule is CC(C)(C)C(CCO)NC(=O)CC1CNCCO1. The Balaban J connectivity index is 2.40. The van der Waals surface area contributed by atoms with E-state index >= 15 is 0 Å². The molecule has 0 aliphatic carbocycles. The molecule has 1 amide bonds. The van der Waals surface area contributed by atoms with Gasteiger partial charge in [0.25, 0.3) is 0 Å². The van der Waals surface area contributed by atoms with Gasteiger partial charge in [-0.1, -0.05) is 20.8 Å². The molecule has 0 aromatic rings. The van der Waals surface area contributed by atoms with Crippen LogP contribution in [0.4, 0.5) is 0 Å². The van der Waals surface area contributed by atoms with Gasteiger partial charge in [-0.3, -0.25) is 4.79 Å². The van der Waals surface area contributed by atoms with Gasteiger partial charge in [0.1, 0.15) is 0 Å². The van der Waals surface area contributed by atoms with E-state index in [0.29, 0.717) is 19.4 Å². The molecule has 18 heavy (non-hydrogen) atoms. The van der Waals surface area contributed by atoms with Crippen LogP contribution in [-0.4, -0.2) is 49.5 Å². The van der Waals surface area contributed by atoms with E-state index in [-0.39, 0.29) is 30.1 Å². The van der Waals surface area contributed by atoms with Gasteiger partial charge in [-0.25, -0.2) is 0 Å². The zero-order valence-electron chi connectivity index (χ0n) is 11.7. The summed E-state index contributed by atoms with van der Waals surface area (Å²) < 4.78 is 5.50. The van der Waals surface area contributed by atoms with Crippen LogP contribution in [0.15, 0.2) is 0 Å². The van der Waals surface area contributed by atoms with Crippen molar-refractivity contribution in [2.24, 2.45) is 5.41 Å². The van der Waals surface area contributed by atoms with Crippen LogP contribution in [0, 0.1) is 5.41 Å². The van der Waals surface area contributed by atoms with Crippen LogP contribution in [0.2, 0.25) is 0 Å². The summed E-state index contributed by atoms with van der Waals surface area (Å²) in [5.74, 6) is -0.00271. The molecule has 0 saturated carbocycles. The Kier molecular flexibility index (Phi) is 6.05. The Labute approximate surface area is 109 Å². The molecule has 0 aromatic heterocycles. The molecular weight excluding hydrogens is 232 g/mol. The first-order valence-electron chi connectivity index (χ1n) is 6.66. The van der Waals surface area contributed by atoms with Crippen molar-refractivity contribution in [3.05, 3.63) is 0 Å². The number of aliphatic hydroxyl groups is 1. The number of hydrogen-bond acceptors (Lipinski definition) is 4. The summed E-state index contributed by atoms with van der Waals surface area (Å²) in [6.45, 7) is 8.52. The zero-order chi connectivity index (χ0) is 13.6. The number of ether oxygens (including phenoxy) is 1. The highest BCUT2D eigenvalue weighted by molar-refractivity contribution is 5.76. The summed E-state index contributed by atoms with van der Waals surface area (Å²) in [6.07, 6.45) is 0.929. The highest BCUT2D eigenvalue weighted by Crippen LogP contribution is 2.21. The van der Waals surface area contributed by atoms with Crippen LogP contribution in [0.25, 0.3) is 0 Å². The summed E-state index contributed by atoms with van der Waals surface area (Å²) in [5.41, 5.74) is -0.0515. The lowest BCUT2D eigenvalue weighted by Crippen LogP contribution is -2.47. The van der Waals surface area contributed by atoms with Gasteiger partial charge in [-0.15, -0.1) is 0 Å². The maximum atomic E-state index is 11.9. The number of carbonyl (C=O) groups is 1. The fourth-order valence-corrected chi connectivity index (χ4v) is 2.06. The first kappa shape index (κ1) is 15.4.